The Balaban J connectivity index is 2.07. The van der Waals surface area contributed by atoms with Crippen molar-refractivity contribution in [3.8, 4) is 0 Å². The van der Waals surface area contributed by atoms with E-state index < -0.39 is 0 Å². The molecule has 88 valence electrons. The summed E-state index contributed by atoms with van der Waals surface area (Å²) in [6.07, 6.45) is 0. The fourth-order valence-electron chi connectivity index (χ4n) is 1.63. The van der Waals surface area contributed by atoms with Crippen LogP contribution in [0.5, 0.6) is 0 Å². The maximum atomic E-state index is 13.0. The number of hydrogen-bond donors (Lipinski definition) is 1. The molecule has 0 radical (unpaired) electrons. The zero-order valence-corrected chi connectivity index (χ0v) is 9.87. The molecule has 0 fully saturated rings. The number of hydrogen-bond acceptors (Lipinski definition) is 3. The van der Waals surface area contributed by atoms with E-state index >= 15 is 0 Å². The Morgan fingerprint density at radius 2 is 1.82 bits per heavy atom. The van der Waals surface area contributed by atoms with Crippen molar-refractivity contribution < 1.29 is 4.39 Å². The van der Waals surface area contributed by atoms with E-state index in [4.69, 9.17) is 0 Å². The molecule has 3 nitrogen and oxygen atoms in total. The van der Waals surface area contributed by atoms with Crippen LogP contribution in [0.15, 0.2) is 30.3 Å². The number of aromatic nitrogens is 2. The predicted octanol–water partition coefficient (Wildman–Crippen LogP) is 2.84. The average Bonchev–Trinajstić information content (AvgIpc) is 2.25. The van der Waals surface area contributed by atoms with Gasteiger partial charge in [0.2, 0.25) is 5.95 Å². The molecule has 4 heteroatoms. The highest BCUT2D eigenvalue weighted by Gasteiger charge is 2.00. The molecule has 0 bridgehead atoms. The van der Waals surface area contributed by atoms with Gasteiger partial charge in [0.05, 0.1) is 0 Å². The van der Waals surface area contributed by atoms with E-state index in [0.717, 1.165) is 17.0 Å². The third-order valence-corrected chi connectivity index (χ3v) is 2.32. The molecule has 0 aliphatic heterocycles. The highest BCUT2D eigenvalue weighted by molar-refractivity contribution is 5.30. The molecule has 0 saturated carbocycles. The summed E-state index contributed by atoms with van der Waals surface area (Å²) in [6.45, 7) is 4.35. The molecule has 0 unspecified atom stereocenters. The predicted molar refractivity (Wildman–Crippen MR) is 65.2 cm³/mol. The first-order valence-electron chi connectivity index (χ1n) is 5.44. The van der Waals surface area contributed by atoms with Gasteiger partial charge >= 0.3 is 0 Å². The summed E-state index contributed by atoms with van der Waals surface area (Å²) in [4.78, 5) is 8.51. The third-order valence-electron chi connectivity index (χ3n) is 2.32. The topological polar surface area (TPSA) is 37.8 Å². The molecule has 1 heterocycles. The maximum absolute atomic E-state index is 13.0. The van der Waals surface area contributed by atoms with Gasteiger partial charge in [0.1, 0.15) is 5.82 Å². The van der Waals surface area contributed by atoms with Crippen LogP contribution >= 0.6 is 0 Å². The van der Waals surface area contributed by atoms with Crippen molar-refractivity contribution in [1.29, 1.82) is 0 Å². The average molecular weight is 231 g/mol. The van der Waals surface area contributed by atoms with Crippen molar-refractivity contribution in [2.75, 3.05) is 5.32 Å². The molecule has 17 heavy (non-hydrogen) atoms. The number of nitrogens with zero attached hydrogens (tertiary/aromatic N) is 2. The molecule has 0 saturated heterocycles. The largest absolute Gasteiger partial charge is 0.350 e. The number of aryl methyl sites for hydroxylation is 2. The van der Waals surface area contributed by atoms with Gasteiger partial charge in [0.15, 0.2) is 0 Å². The van der Waals surface area contributed by atoms with Crippen LogP contribution in [0.25, 0.3) is 0 Å². The highest BCUT2D eigenvalue weighted by atomic mass is 19.1. The van der Waals surface area contributed by atoms with E-state index in [9.17, 15) is 4.39 Å². The van der Waals surface area contributed by atoms with Crippen molar-refractivity contribution in [3.63, 3.8) is 0 Å². The fraction of sp³-hybridized carbons (Fsp3) is 0.231. The second-order valence-electron chi connectivity index (χ2n) is 3.96. The summed E-state index contributed by atoms with van der Waals surface area (Å²) in [5.74, 6) is 0.345. The summed E-state index contributed by atoms with van der Waals surface area (Å²) >= 11 is 0. The Morgan fingerprint density at radius 3 is 2.47 bits per heavy atom. The number of benzene rings is 1. The molecule has 0 atom stereocenters. The molecule has 0 aliphatic rings. The quantitative estimate of drug-likeness (QED) is 0.882. The molecule has 1 aromatic carbocycles. The first kappa shape index (κ1) is 11.5. The lowest BCUT2D eigenvalue weighted by molar-refractivity contribution is 0.626. The van der Waals surface area contributed by atoms with Crippen LogP contribution in [-0.2, 0) is 6.54 Å². The minimum atomic E-state index is -0.231. The van der Waals surface area contributed by atoms with Crippen LogP contribution in [0.1, 0.15) is 17.0 Å². The number of nitrogens with one attached hydrogen (secondary N) is 1. The molecule has 1 N–H and O–H groups in total. The summed E-state index contributed by atoms with van der Waals surface area (Å²) in [7, 11) is 0. The Bertz CT molecular complexity index is 506. The summed E-state index contributed by atoms with van der Waals surface area (Å²) in [5, 5.41) is 3.08. The van der Waals surface area contributed by atoms with Crippen LogP contribution in [-0.4, -0.2) is 9.97 Å². The van der Waals surface area contributed by atoms with Crippen molar-refractivity contribution in [2.24, 2.45) is 0 Å². The van der Waals surface area contributed by atoms with Crippen LogP contribution in [0.2, 0.25) is 0 Å². The second kappa shape index (κ2) is 4.91. The van der Waals surface area contributed by atoms with Crippen molar-refractivity contribution in [1.82, 2.24) is 9.97 Å². The SMILES string of the molecule is Cc1cc(C)nc(NCc2cccc(F)c2)n1. The lowest BCUT2D eigenvalue weighted by Gasteiger charge is -2.06. The maximum Gasteiger partial charge on any atom is 0.223 e. The van der Waals surface area contributed by atoms with Gasteiger partial charge in [-0.2, -0.15) is 0 Å². The molecular weight excluding hydrogens is 217 g/mol. The molecule has 0 aliphatic carbocycles. The number of rotatable bonds is 3. The van der Waals surface area contributed by atoms with Crippen molar-refractivity contribution in [2.45, 2.75) is 20.4 Å². The van der Waals surface area contributed by atoms with E-state index in [-0.39, 0.29) is 5.82 Å². The number of anilines is 1. The smallest absolute Gasteiger partial charge is 0.223 e. The molecule has 0 amide bonds. The summed E-state index contributed by atoms with van der Waals surface area (Å²) in [6, 6.07) is 8.38. The summed E-state index contributed by atoms with van der Waals surface area (Å²) < 4.78 is 13.0. The van der Waals surface area contributed by atoms with Gasteiger partial charge < -0.3 is 5.32 Å². The van der Waals surface area contributed by atoms with Gasteiger partial charge in [-0.1, -0.05) is 12.1 Å². The van der Waals surface area contributed by atoms with Crippen LogP contribution in [0.3, 0.4) is 0 Å². The zero-order valence-electron chi connectivity index (χ0n) is 9.87. The van der Waals surface area contributed by atoms with Gasteiger partial charge in [0.25, 0.3) is 0 Å². The fourth-order valence-corrected chi connectivity index (χ4v) is 1.63. The van der Waals surface area contributed by atoms with Crippen LogP contribution in [0.4, 0.5) is 10.3 Å². The Hall–Kier alpha value is -1.97. The molecule has 2 aromatic rings. The van der Waals surface area contributed by atoms with Crippen LogP contribution < -0.4 is 5.32 Å². The second-order valence-corrected chi connectivity index (χ2v) is 3.96. The lowest BCUT2D eigenvalue weighted by atomic mass is 10.2. The molecule has 1 aromatic heterocycles. The normalized spacial score (nSPS) is 10.3. The van der Waals surface area contributed by atoms with Crippen molar-refractivity contribution in [3.05, 3.63) is 53.1 Å². The lowest BCUT2D eigenvalue weighted by Crippen LogP contribution is -2.05. The van der Waals surface area contributed by atoms with Gasteiger partial charge in [0, 0.05) is 17.9 Å². The molecule has 2 rings (SSSR count). The number of halogens is 1. The molecule has 0 spiro atoms. The minimum absolute atomic E-state index is 0.231. The van der Waals surface area contributed by atoms with E-state index in [1.807, 2.05) is 26.0 Å². The monoisotopic (exact) mass is 231 g/mol. The highest BCUT2D eigenvalue weighted by Crippen LogP contribution is 2.08. The Kier molecular flexibility index (Phi) is 3.32. The van der Waals surface area contributed by atoms with Gasteiger partial charge in [-0.15, -0.1) is 0 Å². The van der Waals surface area contributed by atoms with Gasteiger partial charge in [-0.05, 0) is 37.6 Å². The Morgan fingerprint density at radius 1 is 1.12 bits per heavy atom. The Labute approximate surface area is 99.7 Å². The third kappa shape index (κ3) is 3.24. The molecular formula is C13H14FN3. The first-order valence-corrected chi connectivity index (χ1v) is 5.44. The first-order chi connectivity index (χ1) is 8.13. The van der Waals surface area contributed by atoms with E-state index in [2.05, 4.69) is 15.3 Å². The van der Waals surface area contributed by atoms with E-state index in [1.54, 1.807) is 6.07 Å². The standard InChI is InChI=1S/C13H14FN3/c1-9-6-10(2)17-13(16-9)15-8-11-4-3-5-12(14)7-11/h3-7H,8H2,1-2H3,(H,15,16,17). The van der Waals surface area contributed by atoms with Crippen molar-refractivity contribution >= 4 is 5.95 Å². The van der Waals surface area contributed by atoms with Crippen LogP contribution in [0, 0.1) is 19.7 Å². The van der Waals surface area contributed by atoms with Gasteiger partial charge in [-0.25, -0.2) is 14.4 Å². The van der Waals surface area contributed by atoms with E-state index in [0.29, 0.717) is 12.5 Å². The zero-order chi connectivity index (χ0) is 12.3. The van der Waals surface area contributed by atoms with Gasteiger partial charge in [-0.3, -0.25) is 0 Å². The van der Waals surface area contributed by atoms with E-state index in [1.165, 1.54) is 12.1 Å². The minimum Gasteiger partial charge on any atom is -0.350 e. The summed E-state index contributed by atoms with van der Waals surface area (Å²) in [5.41, 5.74) is 2.70.